The van der Waals surface area contributed by atoms with Crippen molar-refractivity contribution in [1.29, 1.82) is 0 Å². The number of halogens is 1. The van der Waals surface area contributed by atoms with Crippen molar-refractivity contribution in [3.63, 3.8) is 0 Å². The highest BCUT2D eigenvalue weighted by molar-refractivity contribution is 6.39. The molecule has 0 unspecified atom stereocenters. The third-order valence-corrected chi connectivity index (χ3v) is 3.34. The van der Waals surface area contributed by atoms with Gasteiger partial charge >= 0.3 is 7.32 Å². The Morgan fingerprint density at radius 1 is 0.462 bits per heavy atom. The lowest BCUT2D eigenvalue weighted by Gasteiger charge is -2.16. The van der Waals surface area contributed by atoms with Crippen LogP contribution in [-0.2, 0) is 0 Å². The van der Waals surface area contributed by atoms with E-state index in [1.54, 1.807) is 72.8 Å². The van der Waals surface area contributed by atoms with Crippen LogP contribution < -0.4 is 31.2 Å². The van der Waals surface area contributed by atoms with E-state index in [0.29, 0.717) is 34.3 Å². The van der Waals surface area contributed by atoms with E-state index in [2.05, 4.69) is 0 Å². The zero-order valence-corrected chi connectivity index (χ0v) is 14.7. The maximum atomic E-state index is 5.78. The maximum Gasteiger partial charge on any atom is 0.864 e. The highest BCUT2D eigenvalue weighted by atomic mass is 35.5. The topological polar surface area (TPSA) is 106 Å². The van der Waals surface area contributed by atoms with E-state index in [9.17, 15) is 0 Å². The van der Waals surface area contributed by atoms with E-state index in [1.807, 2.05) is 0 Å². The predicted octanol–water partition coefficient (Wildman–Crippen LogP) is 3.38. The summed E-state index contributed by atoms with van der Waals surface area (Å²) in [4.78, 5) is 0. The van der Waals surface area contributed by atoms with Gasteiger partial charge in [-0.25, -0.2) is 0 Å². The average Bonchev–Trinajstić information content (AvgIpc) is 2.61. The molecule has 0 amide bonds. The average molecular weight is 372 g/mol. The number of rotatable bonds is 6. The molecule has 0 aliphatic carbocycles. The van der Waals surface area contributed by atoms with Gasteiger partial charge in [0, 0.05) is 17.1 Å². The highest BCUT2D eigenvalue weighted by Gasteiger charge is 2.30. The van der Waals surface area contributed by atoms with Crippen molar-refractivity contribution in [2.45, 2.75) is 0 Å². The van der Waals surface area contributed by atoms with Gasteiger partial charge in [-0.3, -0.25) is 0 Å². The quantitative estimate of drug-likeness (QED) is 0.453. The first-order chi connectivity index (χ1) is 12.1. The van der Waals surface area contributed by atoms with Crippen molar-refractivity contribution >= 4 is 36.8 Å². The number of anilines is 3. The molecule has 134 valence electrons. The van der Waals surface area contributed by atoms with Crippen molar-refractivity contribution in [2.75, 3.05) is 17.2 Å². The third-order valence-electron chi connectivity index (χ3n) is 3.34. The van der Waals surface area contributed by atoms with Gasteiger partial charge in [0.25, 0.3) is 0 Å². The summed E-state index contributed by atoms with van der Waals surface area (Å²) in [5.41, 5.74) is 19.0. The third kappa shape index (κ3) is 5.42. The Bertz CT molecular complexity index is 702. The zero-order valence-electron chi connectivity index (χ0n) is 13.9. The molecule has 0 spiro atoms. The van der Waals surface area contributed by atoms with Crippen molar-refractivity contribution in [3.8, 4) is 17.2 Å². The van der Waals surface area contributed by atoms with Crippen LogP contribution in [0.1, 0.15) is 0 Å². The van der Waals surface area contributed by atoms with E-state index in [0.717, 1.165) is 0 Å². The van der Waals surface area contributed by atoms with Crippen LogP contribution in [0.5, 0.6) is 17.2 Å². The summed E-state index contributed by atoms with van der Waals surface area (Å²) in [6, 6.07) is 20.8. The number of benzene rings is 3. The minimum Gasteiger partial charge on any atom is -0.490 e. The van der Waals surface area contributed by atoms with Crippen LogP contribution in [0.25, 0.3) is 0 Å². The molecule has 8 heteroatoms. The van der Waals surface area contributed by atoms with Crippen LogP contribution in [-0.4, -0.2) is 7.32 Å². The molecule has 0 aliphatic heterocycles. The highest BCUT2D eigenvalue weighted by Crippen LogP contribution is 2.20. The fourth-order valence-electron chi connectivity index (χ4n) is 2.04. The normalized spacial score (nSPS) is 9.69. The second-order valence-corrected chi connectivity index (χ2v) is 5.35. The van der Waals surface area contributed by atoms with Crippen molar-refractivity contribution in [2.24, 2.45) is 0 Å². The van der Waals surface area contributed by atoms with Crippen molar-refractivity contribution in [3.05, 3.63) is 72.8 Å². The molecule has 6 nitrogen and oxygen atoms in total. The van der Waals surface area contributed by atoms with Crippen LogP contribution in [0.15, 0.2) is 72.8 Å². The molecule has 3 aromatic carbocycles. The Morgan fingerprint density at radius 2 is 0.692 bits per heavy atom. The molecule has 3 rings (SSSR count). The predicted molar refractivity (Wildman–Crippen MR) is 107 cm³/mol. The van der Waals surface area contributed by atoms with E-state index in [4.69, 9.17) is 31.2 Å². The zero-order chi connectivity index (χ0) is 17.6. The van der Waals surface area contributed by atoms with Gasteiger partial charge in [0.2, 0.25) is 0 Å². The van der Waals surface area contributed by atoms with Gasteiger partial charge in [0.05, 0.1) is 0 Å². The maximum absolute atomic E-state index is 5.78. The van der Waals surface area contributed by atoms with Gasteiger partial charge in [-0.15, -0.1) is 12.4 Å². The number of nitrogens with two attached hydrogens (primary N) is 3. The van der Waals surface area contributed by atoms with Gasteiger partial charge in [-0.1, -0.05) is 0 Å². The summed E-state index contributed by atoms with van der Waals surface area (Å²) in [5, 5.41) is 0. The molecule has 0 aliphatic rings. The molecular formula is C18H19BClN3O3. The van der Waals surface area contributed by atoms with Gasteiger partial charge in [0.15, 0.2) is 0 Å². The van der Waals surface area contributed by atoms with Crippen LogP contribution in [0.3, 0.4) is 0 Å². The van der Waals surface area contributed by atoms with E-state index in [-0.39, 0.29) is 12.4 Å². The Kier molecular flexibility index (Phi) is 6.46. The molecule has 0 bridgehead atoms. The van der Waals surface area contributed by atoms with Crippen LogP contribution in [0, 0.1) is 0 Å². The first-order valence-electron chi connectivity index (χ1n) is 7.65. The first kappa shape index (κ1) is 19.1. The number of nitrogen functional groups attached to an aromatic ring is 3. The second-order valence-electron chi connectivity index (χ2n) is 5.35. The lowest BCUT2D eigenvalue weighted by molar-refractivity contribution is 0.307. The molecule has 3 aromatic rings. The molecular weight excluding hydrogens is 352 g/mol. The minimum absolute atomic E-state index is 0. The lowest BCUT2D eigenvalue weighted by Crippen LogP contribution is -2.36. The fraction of sp³-hybridized carbons (Fsp3) is 0. The monoisotopic (exact) mass is 371 g/mol. The van der Waals surface area contributed by atoms with E-state index < -0.39 is 7.32 Å². The molecule has 0 aromatic heterocycles. The Labute approximate surface area is 158 Å². The summed E-state index contributed by atoms with van der Waals surface area (Å²) in [5.74, 6) is 1.68. The van der Waals surface area contributed by atoms with E-state index >= 15 is 0 Å². The molecule has 0 atom stereocenters. The van der Waals surface area contributed by atoms with Crippen LogP contribution >= 0.6 is 12.4 Å². The molecule has 0 fully saturated rings. The van der Waals surface area contributed by atoms with Crippen molar-refractivity contribution in [1.82, 2.24) is 0 Å². The Balaban J connectivity index is 0.00000243. The molecule has 0 saturated heterocycles. The molecule has 26 heavy (non-hydrogen) atoms. The second kappa shape index (κ2) is 8.78. The summed E-state index contributed by atoms with van der Waals surface area (Å²) in [6.07, 6.45) is 0. The number of hydrogen-bond acceptors (Lipinski definition) is 6. The van der Waals surface area contributed by atoms with Crippen LogP contribution in [0.2, 0.25) is 0 Å². The Morgan fingerprint density at radius 3 is 0.923 bits per heavy atom. The van der Waals surface area contributed by atoms with E-state index in [1.165, 1.54) is 0 Å². The summed E-state index contributed by atoms with van der Waals surface area (Å²) in [6.45, 7) is 0. The van der Waals surface area contributed by atoms with Gasteiger partial charge in [-0.2, -0.15) is 0 Å². The van der Waals surface area contributed by atoms with Gasteiger partial charge < -0.3 is 31.2 Å². The largest absolute Gasteiger partial charge is 0.864 e. The smallest absolute Gasteiger partial charge is 0.490 e. The van der Waals surface area contributed by atoms with Gasteiger partial charge in [-0.05, 0) is 72.8 Å². The lowest BCUT2D eigenvalue weighted by atomic mass is 10.2. The summed E-state index contributed by atoms with van der Waals surface area (Å²) < 4.78 is 17.3. The minimum atomic E-state index is -1.00. The fourth-order valence-corrected chi connectivity index (χ4v) is 2.04. The molecule has 0 radical (unpaired) electrons. The number of hydrogen-bond donors (Lipinski definition) is 3. The van der Waals surface area contributed by atoms with Crippen LogP contribution in [0.4, 0.5) is 17.1 Å². The SMILES string of the molecule is Cl.Nc1ccc(OB(Oc2ccc(N)cc2)Oc2ccc(N)cc2)cc1. The summed E-state index contributed by atoms with van der Waals surface area (Å²) >= 11 is 0. The Hall–Kier alpha value is -3.19. The summed E-state index contributed by atoms with van der Waals surface area (Å²) in [7, 11) is -1.00. The molecule has 0 saturated carbocycles. The molecule has 0 heterocycles. The first-order valence-corrected chi connectivity index (χ1v) is 7.65. The molecule has 6 N–H and O–H groups in total. The van der Waals surface area contributed by atoms with Crippen molar-refractivity contribution < 1.29 is 14.0 Å². The van der Waals surface area contributed by atoms with Gasteiger partial charge in [0.1, 0.15) is 17.2 Å². The standard InChI is InChI=1S/C18H18BN3O3.ClH/c20-13-1-7-16(8-2-13)23-19(24-17-9-3-14(21)4-10-17)25-18-11-5-15(22)6-12-18;/h1-12H,20-22H2;1H.